The van der Waals surface area contributed by atoms with Crippen LogP contribution in [0.4, 0.5) is 0 Å². The van der Waals surface area contributed by atoms with Crippen molar-refractivity contribution in [2.75, 3.05) is 13.2 Å². The van der Waals surface area contributed by atoms with Crippen LogP contribution in [0.25, 0.3) is 0 Å². The van der Waals surface area contributed by atoms with Gasteiger partial charge in [-0.2, -0.15) is 5.10 Å². The molecule has 1 aromatic rings. The van der Waals surface area contributed by atoms with Gasteiger partial charge in [0, 0.05) is 12.1 Å². The fraction of sp³-hybridized carbons (Fsp3) is 0.333. The SMILES string of the molecule is C=CCNC(=S)N/N=C/c1ccccc1OCCCC. The third kappa shape index (κ3) is 6.33. The van der Waals surface area contributed by atoms with Crippen LogP contribution in [0, 0.1) is 0 Å². The normalized spacial score (nSPS) is 10.2. The van der Waals surface area contributed by atoms with Crippen LogP contribution in [0.3, 0.4) is 0 Å². The summed E-state index contributed by atoms with van der Waals surface area (Å²) in [7, 11) is 0. The number of ether oxygens (including phenoxy) is 1. The topological polar surface area (TPSA) is 45.7 Å². The van der Waals surface area contributed by atoms with Crippen molar-refractivity contribution in [1.29, 1.82) is 0 Å². The number of para-hydroxylation sites is 1. The number of nitrogens with one attached hydrogen (secondary N) is 2. The predicted octanol–water partition coefficient (Wildman–Crippen LogP) is 2.85. The molecule has 2 N–H and O–H groups in total. The van der Waals surface area contributed by atoms with Crippen LogP contribution in [-0.4, -0.2) is 24.5 Å². The minimum Gasteiger partial charge on any atom is -0.493 e. The monoisotopic (exact) mass is 291 g/mol. The van der Waals surface area contributed by atoms with Crippen LogP contribution in [0.15, 0.2) is 42.0 Å². The lowest BCUT2D eigenvalue weighted by Gasteiger charge is -2.08. The smallest absolute Gasteiger partial charge is 0.187 e. The Balaban J connectivity index is 2.53. The van der Waals surface area contributed by atoms with Crippen molar-refractivity contribution in [1.82, 2.24) is 10.7 Å². The standard InChI is InChI=1S/C15H21N3OS/c1-3-5-11-19-14-9-7-6-8-13(14)12-17-18-15(20)16-10-4-2/h4,6-9,12H,2-3,5,10-11H2,1H3,(H2,16,18,20)/b17-12+. The van der Waals surface area contributed by atoms with E-state index < -0.39 is 0 Å². The first kappa shape index (κ1) is 16.2. The van der Waals surface area contributed by atoms with Gasteiger partial charge < -0.3 is 10.1 Å². The van der Waals surface area contributed by atoms with Crippen molar-refractivity contribution in [3.63, 3.8) is 0 Å². The van der Waals surface area contributed by atoms with Gasteiger partial charge in [-0.3, -0.25) is 5.43 Å². The lowest BCUT2D eigenvalue weighted by molar-refractivity contribution is 0.309. The number of hydrazone groups is 1. The van der Waals surface area contributed by atoms with Crippen LogP contribution in [-0.2, 0) is 0 Å². The highest BCUT2D eigenvalue weighted by atomic mass is 32.1. The molecule has 108 valence electrons. The van der Waals surface area contributed by atoms with Gasteiger partial charge in [0.25, 0.3) is 0 Å². The molecule has 1 rings (SSSR count). The number of hydrogen-bond acceptors (Lipinski definition) is 3. The molecule has 4 nitrogen and oxygen atoms in total. The molecule has 0 unspecified atom stereocenters. The van der Waals surface area contributed by atoms with E-state index in [2.05, 4.69) is 29.3 Å². The summed E-state index contributed by atoms with van der Waals surface area (Å²) >= 11 is 5.04. The van der Waals surface area contributed by atoms with Crippen molar-refractivity contribution >= 4 is 23.5 Å². The maximum atomic E-state index is 5.72. The average molecular weight is 291 g/mol. The summed E-state index contributed by atoms with van der Waals surface area (Å²) in [5, 5.41) is 7.49. The van der Waals surface area contributed by atoms with Gasteiger partial charge >= 0.3 is 0 Å². The molecule has 0 fully saturated rings. The molecule has 0 saturated heterocycles. The molecule has 0 saturated carbocycles. The first-order valence-corrected chi connectivity index (χ1v) is 7.08. The molecule has 0 spiro atoms. The lowest BCUT2D eigenvalue weighted by atomic mass is 10.2. The maximum Gasteiger partial charge on any atom is 0.187 e. The molecule has 5 heteroatoms. The Morgan fingerprint density at radius 2 is 2.25 bits per heavy atom. The first-order chi connectivity index (χ1) is 9.77. The molecule has 0 heterocycles. The van der Waals surface area contributed by atoms with Gasteiger partial charge in [0.1, 0.15) is 5.75 Å². The molecule has 0 aliphatic rings. The average Bonchev–Trinajstić information content (AvgIpc) is 2.47. The Morgan fingerprint density at radius 1 is 1.45 bits per heavy atom. The fourth-order valence-corrected chi connectivity index (χ4v) is 1.55. The molecule has 0 aliphatic heterocycles. The number of hydrogen-bond donors (Lipinski definition) is 2. The molecule has 0 aliphatic carbocycles. The van der Waals surface area contributed by atoms with Gasteiger partial charge in [-0.1, -0.05) is 31.6 Å². The van der Waals surface area contributed by atoms with E-state index in [4.69, 9.17) is 17.0 Å². The second-order valence-corrected chi connectivity index (χ2v) is 4.52. The second-order valence-electron chi connectivity index (χ2n) is 4.11. The Morgan fingerprint density at radius 3 is 3.00 bits per heavy atom. The molecule has 1 aromatic carbocycles. The molecule has 0 aromatic heterocycles. The summed E-state index contributed by atoms with van der Waals surface area (Å²) in [6, 6.07) is 7.78. The van der Waals surface area contributed by atoms with Crippen LogP contribution in [0.2, 0.25) is 0 Å². The summed E-state index contributed by atoms with van der Waals surface area (Å²) in [6.07, 6.45) is 5.58. The highest BCUT2D eigenvalue weighted by molar-refractivity contribution is 7.80. The lowest BCUT2D eigenvalue weighted by Crippen LogP contribution is -2.31. The van der Waals surface area contributed by atoms with Crippen LogP contribution < -0.4 is 15.5 Å². The molecule has 0 bridgehead atoms. The quantitative estimate of drug-likeness (QED) is 0.254. The van der Waals surface area contributed by atoms with Crippen LogP contribution >= 0.6 is 12.2 Å². The Bertz CT molecular complexity index is 460. The zero-order chi connectivity index (χ0) is 14.6. The highest BCUT2D eigenvalue weighted by Gasteiger charge is 2.00. The van der Waals surface area contributed by atoms with E-state index in [0.29, 0.717) is 18.3 Å². The van der Waals surface area contributed by atoms with Gasteiger partial charge in [0.15, 0.2) is 5.11 Å². The predicted molar refractivity (Wildman–Crippen MR) is 88.4 cm³/mol. The number of nitrogens with zero attached hydrogens (tertiary/aromatic N) is 1. The van der Waals surface area contributed by atoms with E-state index in [0.717, 1.165) is 24.2 Å². The van der Waals surface area contributed by atoms with E-state index in [1.165, 1.54) is 0 Å². The van der Waals surface area contributed by atoms with Gasteiger partial charge in [-0.15, -0.1) is 6.58 Å². The molecule has 0 amide bonds. The Kier molecular flexibility index (Phi) is 8.07. The van der Waals surface area contributed by atoms with Crippen LogP contribution in [0.5, 0.6) is 5.75 Å². The summed E-state index contributed by atoms with van der Waals surface area (Å²) in [4.78, 5) is 0. The zero-order valence-electron chi connectivity index (χ0n) is 11.8. The third-order valence-corrected chi connectivity index (χ3v) is 2.69. The summed E-state index contributed by atoms with van der Waals surface area (Å²) in [5.74, 6) is 0.830. The molecular formula is C15H21N3OS. The van der Waals surface area contributed by atoms with Gasteiger partial charge in [-0.05, 0) is 30.8 Å². The number of thiocarbonyl (C=S) groups is 1. The van der Waals surface area contributed by atoms with E-state index in [1.54, 1.807) is 12.3 Å². The first-order valence-electron chi connectivity index (χ1n) is 6.67. The Hall–Kier alpha value is -1.88. The minimum atomic E-state index is 0.463. The van der Waals surface area contributed by atoms with Gasteiger partial charge in [0.05, 0.1) is 12.8 Å². The summed E-state index contributed by atoms with van der Waals surface area (Å²) in [6.45, 7) is 7.07. The van der Waals surface area contributed by atoms with Crippen molar-refractivity contribution < 1.29 is 4.74 Å². The number of rotatable bonds is 8. The highest BCUT2D eigenvalue weighted by Crippen LogP contribution is 2.16. The van der Waals surface area contributed by atoms with E-state index >= 15 is 0 Å². The summed E-state index contributed by atoms with van der Waals surface area (Å²) in [5.41, 5.74) is 3.67. The number of unbranched alkanes of at least 4 members (excludes halogenated alkanes) is 1. The molecule has 0 radical (unpaired) electrons. The number of benzene rings is 1. The zero-order valence-corrected chi connectivity index (χ0v) is 12.6. The van der Waals surface area contributed by atoms with Crippen molar-refractivity contribution in [2.24, 2.45) is 5.10 Å². The van der Waals surface area contributed by atoms with Crippen molar-refractivity contribution in [3.8, 4) is 5.75 Å². The summed E-state index contributed by atoms with van der Waals surface area (Å²) < 4.78 is 5.72. The third-order valence-electron chi connectivity index (χ3n) is 2.45. The van der Waals surface area contributed by atoms with Crippen molar-refractivity contribution in [2.45, 2.75) is 19.8 Å². The van der Waals surface area contributed by atoms with E-state index in [1.807, 2.05) is 24.3 Å². The second kappa shape index (κ2) is 9.97. The van der Waals surface area contributed by atoms with Gasteiger partial charge in [-0.25, -0.2) is 0 Å². The van der Waals surface area contributed by atoms with Crippen molar-refractivity contribution in [3.05, 3.63) is 42.5 Å². The molecule has 0 atom stereocenters. The molecular weight excluding hydrogens is 270 g/mol. The van der Waals surface area contributed by atoms with Crippen LogP contribution in [0.1, 0.15) is 25.3 Å². The van der Waals surface area contributed by atoms with E-state index in [9.17, 15) is 0 Å². The Labute approximate surface area is 125 Å². The minimum absolute atomic E-state index is 0.463. The fourth-order valence-electron chi connectivity index (χ4n) is 1.41. The largest absolute Gasteiger partial charge is 0.493 e. The van der Waals surface area contributed by atoms with Gasteiger partial charge in [0.2, 0.25) is 0 Å². The maximum absolute atomic E-state index is 5.72. The van der Waals surface area contributed by atoms with E-state index in [-0.39, 0.29) is 0 Å². The molecule has 20 heavy (non-hydrogen) atoms.